The van der Waals surface area contributed by atoms with E-state index in [0.717, 1.165) is 0 Å². The van der Waals surface area contributed by atoms with Crippen LogP contribution in [0.5, 0.6) is 0 Å². The number of carbonyl (C=O) groups is 1. The number of amides is 1. The second-order valence-corrected chi connectivity index (χ2v) is 4.12. The van der Waals surface area contributed by atoms with E-state index in [1.807, 2.05) is 6.92 Å². The van der Waals surface area contributed by atoms with Gasteiger partial charge in [-0.1, -0.05) is 0 Å². The summed E-state index contributed by atoms with van der Waals surface area (Å²) in [5.41, 5.74) is 0.632. The van der Waals surface area contributed by atoms with Crippen LogP contribution in [0.3, 0.4) is 0 Å². The summed E-state index contributed by atoms with van der Waals surface area (Å²) >= 11 is 0. The molecule has 0 fully saturated rings. The number of hydrogen-bond donors (Lipinski definition) is 2. The van der Waals surface area contributed by atoms with Gasteiger partial charge in [0.1, 0.15) is 5.69 Å². The van der Waals surface area contributed by atoms with Crippen LogP contribution in [-0.2, 0) is 0 Å². The maximum absolute atomic E-state index is 11.8. The topological polar surface area (TPSA) is 95.7 Å². The van der Waals surface area contributed by atoms with Gasteiger partial charge in [-0.2, -0.15) is 0 Å². The van der Waals surface area contributed by atoms with Gasteiger partial charge in [0.25, 0.3) is 11.6 Å². The summed E-state index contributed by atoms with van der Waals surface area (Å²) in [6.45, 7) is 4.78. The van der Waals surface area contributed by atoms with Crippen molar-refractivity contribution >= 4 is 17.3 Å². The average molecular weight is 281 g/mol. The monoisotopic (exact) mass is 281 g/mol. The number of nitro groups is 1. The number of benzene rings is 1. The molecule has 0 atom stereocenters. The molecule has 0 spiro atoms. The molecule has 7 nitrogen and oxygen atoms in total. The molecule has 1 aromatic rings. The van der Waals surface area contributed by atoms with Crippen LogP contribution in [0.15, 0.2) is 18.2 Å². The van der Waals surface area contributed by atoms with Crippen molar-refractivity contribution in [3.63, 3.8) is 0 Å². The molecule has 0 saturated heterocycles. The zero-order chi connectivity index (χ0) is 15.1. The van der Waals surface area contributed by atoms with E-state index in [-0.39, 0.29) is 24.7 Å². The quantitative estimate of drug-likeness (QED) is 0.577. The molecule has 0 aliphatic carbocycles. The van der Waals surface area contributed by atoms with E-state index >= 15 is 0 Å². The Balaban J connectivity index is 3.24. The van der Waals surface area contributed by atoms with Gasteiger partial charge in [0, 0.05) is 31.3 Å². The van der Waals surface area contributed by atoms with Crippen molar-refractivity contribution in [2.75, 3.05) is 31.1 Å². The number of carbonyl (C=O) groups excluding carboxylic acids is 1. The predicted octanol–water partition coefficient (Wildman–Crippen LogP) is 1.16. The summed E-state index contributed by atoms with van der Waals surface area (Å²) < 4.78 is 0. The molecule has 0 aliphatic heterocycles. The fourth-order valence-electron chi connectivity index (χ4n) is 1.90. The van der Waals surface area contributed by atoms with Gasteiger partial charge in [0.05, 0.1) is 11.5 Å². The Kier molecular flexibility index (Phi) is 5.92. The summed E-state index contributed by atoms with van der Waals surface area (Å²) in [5.74, 6) is -0.274. The number of aliphatic hydroxyl groups is 1. The third-order valence-corrected chi connectivity index (χ3v) is 2.86. The van der Waals surface area contributed by atoms with E-state index in [0.29, 0.717) is 24.3 Å². The number of likely N-dealkylation sites (N-methyl/N-ethyl adjacent to an activating group) is 1. The third-order valence-electron chi connectivity index (χ3n) is 2.86. The number of hydrogen-bond acceptors (Lipinski definition) is 5. The Hall–Kier alpha value is -2.15. The summed E-state index contributed by atoms with van der Waals surface area (Å²) in [5, 5.41) is 22.7. The Morgan fingerprint density at radius 2 is 2.15 bits per heavy atom. The molecule has 2 N–H and O–H groups in total. The van der Waals surface area contributed by atoms with Crippen LogP contribution in [0.1, 0.15) is 24.2 Å². The number of nitro benzene ring substituents is 1. The van der Waals surface area contributed by atoms with Gasteiger partial charge in [0.2, 0.25) is 0 Å². The summed E-state index contributed by atoms with van der Waals surface area (Å²) in [6.07, 6.45) is 0. The van der Waals surface area contributed by atoms with Gasteiger partial charge in [-0.05, 0) is 26.0 Å². The minimum atomic E-state index is -0.489. The molecule has 0 saturated carbocycles. The van der Waals surface area contributed by atoms with E-state index in [1.54, 1.807) is 11.8 Å². The van der Waals surface area contributed by atoms with Gasteiger partial charge >= 0.3 is 0 Å². The lowest BCUT2D eigenvalue weighted by molar-refractivity contribution is -0.384. The highest BCUT2D eigenvalue weighted by Gasteiger charge is 2.20. The summed E-state index contributed by atoms with van der Waals surface area (Å²) in [7, 11) is 0. The molecule has 1 rings (SSSR count). The van der Waals surface area contributed by atoms with Gasteiger partial charge in [0.15, 0.2) is 0 Å². The molecule has 0 heterocycles. The molecule has 0 unspecified atom stereocenters. The first-order valence-electron chi connectivity index (χ1n) is 6.47. The molecule has 0 aromatic heterocycles. The largest absolute Gasteiger partial charge is 0.395 e. The molecule has 20 heavy (non-hydrogen) atoms. The summed E-state index contributed by atoms with van der Waals surface area (Å²) in [4.78, 5) is 24.0. The van der Waals surface area contributed by atoms with Crippen molar-refractivity contribution in [2.45, 2.75) is 13.8 Å². The minimum absolute atomic E-state index is 0.0756. The molecule has 1 amide bonds. The second kappa shape index (κ2) is 7.44. The molecule has 0 radical (unpaired) electrons. The van der Waals surface area contributed by atoms with Crippen LogP contribution in [-0.4, -0.2) is 42.2 Å². The van der Waals surface area contributed by atoms with Gasteiger partial charge in [-0.15, -0.1) is 0 Å². The van der Waals surface area contributed by atoms with E-state index in [9.17, 15) is 14.9 Å². The van der Waals surface area contributed by atoms with Crippen LogP contribution in [0.2, 0.25) is 0 Å². The van der Waals surface area contributed by atoms with Crippen molar-refractivity contribution in [1.82, 2.24) is 5.32 Å². The number of anilines is 1. The van der Waals surface area contributed by atoms with Gasteiger partial charge < -0.3 is 15.3 Å². The maximum Gasteiger partial charge on any atom is 0.292 e. The molecule has 0 aliphatic rings. The molecular weight excluding hydrogens is 262 g/mol. The number of nitrogens with one attached hydrogen (secondary N) is 1. The first-order valence-corrected chi connectivity index (χ1v) is 6.47. The van der Waals surface area contributed by atoms with Crippen LogP contribution < -0.4 is 10.2 Å². The fourth-order valence-corrected chi connectivity index (χ4v) is 1.90. The van der Waals surface area contributed by atoms with E-state index in [1.165, 1.54) is 18.2 Å². The summed E-state index contributed by atoms with van der Waals surface area (Å²) in [6, 6.07) is 4.24. The van der Waals surface area contributed by atoms with Crippen molar-refractivity contribution < 1.29 is 14.8 Å². The number of nitrogens with zero attached hydrogens (tertiary/aromatic N) is 2. The van der Waals surface area contributed by atoms with Crippen LogP contribution in [0.4, 0.5) is 11.4 Å². The normalized spacial score (nSPS) is 10.2. The molecule has 0 bridgehead atoms. The standard InChI is InChI=1S/C13H19N3O4/c1-3-14-13(18)10-5-6-11(16(19)20)12(9-10)15(4-2)7-8-17/h5-6,9,17H,3-4,7-8H2,1-2H3,(H,14,18). The van der Waals surface area contributed by atoms with Crippen molar-refractivity contribution in [3.05, 3.63) is 33.9 Å². The maximum atomic E-state index is 11.8. The van der Waals surface area contributed by atoms with Crippen molar-refractivity contribution in [1.29, 1.82) is 0 Å². The number of rotatable bonds is 7. The van der Waals surface area contributed by atoms with E-state index in [4.69, 9.17) is 5.11 Å². The van der Waals surface area contributed by atoms with E-state index < -0.39 is 4.92 Å². The molecule has 1 aromatic carbocycles. The zero-order valence-electron chi connectivity index (χ0n) is 11.6. The third kappa shape index (κ3) is 3.67. The highest BCUT2D eigenvalue weighted by Crippen LogP contribution is 2.29. The first-order chi connectivity index (χ1) is 9.54. The first kappa shape index (κ1) is 15.9. The Morgan fingerprint density at radius 3 is 2.65 bits per heavy atom. The van der Waals surface area contributed by atoms with Gasteiger partial charge in [-0.25, -0.2) is 0 Å². The minimum Gasteiger partial charge on any atom is -0.395 e. The fraction of sp³-hybridized carbons (Fsp3) is 0.462. The zero-order valence-corrected chi connectivity index (χ0v) is 11.6. The lowest BCUT2D eigenvalue weighted by Crippen LogP contribution is -2.28. The Morgan fingerprint density at radius 1 is 1.45 bits per heavy atom. The predicted molar refractivity (Wildman–Crippen MR) is 76.1 cm³/mol. The van der Waals surface area contributed by atoms with E-state index in [2.05, 4.69) is 5.32 Å². The van der Waals surface area contributed by atoms with Crippen molar-refractivity contribution in [2.24, 2.45) is 0 Å². The van der Waals surface area contributed by atoms with Crippen molar-refractivity contribution in [3.8, 4) is 0 Å². The highest BCUT2D eigenvalue weighted by atomic mass is 16.6. The highest BCUT2D eigenvalue weighted by molar-refractivity contribution is 5.96. The molecule has 110 valence electrons. The van der Waals surface area contributed by atoms with Crippen LogP contribution in [0, 0.1) is 10.1 Å². The van der Waals surface area contributed by atoms with Crippen LogP contribution >= 0.6 is 0 Å². The Bertz CT molecular complexity index is 491. The smallest absolute Gasteiger partial charge is 0.292 e. The van der Waals surface area contributed by atoms with Crippen LogP contribution in [0.25, 0.3) is 0 Å². The second-order valence-electron chi connectivity index (χ2n) is 4.12. The lowest BCUT2D eigenvalue weighted by Gasteiger charge is -2.22. The molecular formula is C13H19N3O4. The average Bonchev–Trinajstić information content (AvgIpc) is 2.44. The Labute approximate surface area is 117 Å². The molecule has 7 heteroatoms. The number of aliphatic hydroxyl groups excluding tert-OH is 1. The SMILES string of the molecule is CCNC(=O)c1ccc([N+](=O)[O-])c(N(CC)CCO)c1. The van der Waals surface area contributed by atoms with Gasteiger partial charge in [-0.3, -0.25) is 14.9 Å². The lowest BCUT2D eigenvalue weighted by atomic mass is 10.1.